The van der Waals surface area contributed by atoms with Gasteiger partial charge in [-0.05, 0) is 32.6 Å². The molecule has 4 heteroatoms. The van der Waals surface area contributed by atoms with Crippen molar-refractivity contribution in [1.29, 1.82) is 5.26 Å². The van der Waals surface area contributed by atoms with Crippen LogP contribution in [0.25, 0.3) is 0 Å². The summed E-state index contributed by atoms with van der Waals surface area (Å²) in [7, 11) is 1.87. The Kier molecular flexibility index (Phi) is 3.03. The van der Waals surface area contributed by atoms with Crippen molar-refractivity contribution in [3.63, 3.8) is 0 Å². The van der Waals surface area contributed by atoms with Gasteiger partial charge in [0.15, 0.2) is 0 Å². The van der Waals surface area contributed by atoms with Crippen LogP contribution < -0.4 is 0 Å². The summed E-state index contributed by atoms with van der Waals surface area (Å²) in [5.74, 6) is 0.628. The molecule has 0 aromatic heterocycles. The van der Waals surface area contributed by atoms with Crippen LogP contribution in [0.3, 0.4) is 0 Å². The Bertz CT molecular complexity index is 352. The summed E-state index contributed by atoms with van der Waals surface area (Å²) in [6.45, 7) is 4.34. The lowest BCUT2D eigenvalue weighted by molar-refractivity contribution is 0.171. The van der Waals surface area contributed by atoms with Gasteiger partial charge in [-0.2, -0.15) is 5.26 Å². The highest BCUT2D eigenvalue weighted by atomic mass is 16.2. The van der Waals surface area contributed by atoms with Gasteiger partial charge in [-0.15, -0.1) is 0 Å². The van der Waals surface area contributed by atoms with Gasteiger partial charge < -0.3 is 9.80 Å². The van der Waals surface area contributed by atoms with Gasteiger partial charge >= 0.3 is 6.03 Å². The van der Waals surface area contributed by atoms with Crippen molar-refractivity contribution in [3.8, 4) is 6.07 Å². The lowest BCUT2D eigenvalue weighted by atomic mass is 9.97. The van der Waals surface area contributed by atoms with Crippen LogP contribution in [0, 0.1) is 17.2 Å². The average Bonchev–Trinajstić information content (AvgIpc) is 2.89. The second-order valence-corrected chi connectivity index (χ2v) is 5.79. The first-order valence-electron chi connectivity index (χ1n) is 6.43. The summed E-state index contributed by atoms with van der Waals surface area (Å²) in [5, 5.41) is 9.15. The molecule has 1 heterocycles. The normalized spacial score (nSPS) is 26.7. The van der Waals surface area contributed by atoms with Crippen molar-refractivity contribution in [3.05, 3.63) is 0 Å². The number of nitrogens with zero attached hydrogens (tertiary/aromatic N) is 3. The van der Waals surface area contributed by atoms with E-state index in [0.717, 1.165) is 0 Å². The molecule has 1 aliphatic heterocycles. The molecule has 0 N–H and O–H groups in total. The molecule has 1 unspecified atom stereocenters. The van der Waals surface area contributed by atoms with Gasteiger partial charge in [-0.3, -0.25) is 0 Å². The number of likely N-dealkylation sites (N-methyl/N-ethyl adjacent to an activating group) is 1. The third-order valence-corrected chi connectivity index (χ3v) is 4.29. The molecule has 2 amide bonds. The summed E-state index contributed by atoms with van der Waals surface area (Å²) < 4.78 is 0. The first kappa shape index (κ1) is 12.2. The molecule has 2 aliphatic rings. The number of amides is 2. The predicted octanol–water partition coefficient (Wildman–Crippen LogP) is 2.21. The minimum absolute atomic E-state index is 0.00782. The molecule has 17 heavy (non-hydrogen) atoms. The molecule has 1 saturated carbocycles. The van der Waals surface area contributed by atoms with Crippen LogP contribution in [-0.2, 0) is 0 Å². The summed E-state index contributed by atoms with van der Waals surface area (Å²) in [6, 6.07) is 2.53. The van der Waals surface area contributed by atoms with E-state index in [0.29, 0.717) is 18.5 Å². The zero-order valence-electron chi connectivity index (χ0n) is 10.9. The Morgan fingerprint density at radius 3 is 2.47 bits per heavy atom. The number of urea groups is 1. The average molecular weight is 235 g/mol. The summed E-state index contributed by atoms with van der Waals surface area (Å²) in [5.41, 5.74) is -0.696. The van der Waals surface area contributed by atoms with Crippen molar-refractivity contribution in [2.45, 2.75) is 51.1 Å². The Hall–Kier alpha value is -1.24. The first-order chi connectivity index (χ1) is 7.97. The van der Waals surface area contributed by atoms with Crippen molar-refractivity contribution in [2.75, 3.05) is 13.6 Å². The summed E-state index contributed by atoms with van der Waals surface area (Å²) in [6.07, 6.45) is 5.02. The first-order valence-corrected chi connectivity index (χ1v) is 6.43. The van der Waals surface area contributed by atoms with E-state index in [4.69, 9.17) is 5.26 Å². The van der Waals surface area contributed by atoms with Gasteiger partial charge in [0, 0.05) is 13.6 Å². The Balaban J connectivity index is 2.14. The lowest BCUT2D eigenvalue weighted by Gasteiger charge is -2.28. The van der Waals surface area contributed by atoms with Crippen LogP contribution in [0.5, 0.6) is 0 Å². The Morgan fingerprint density at radius 1 is 1.35 bits per heavy atom. The standard InChI is InChI=1S/C13H21N3O/c1-13(2,9-14)16-8-11(15(3)12(16)17)10-6-4-5-7-10/h10-11H,4-8H2,1-3H3. The van der Waals surface area contributed by atoms with Crippen molar-refractivity contribution in [2.24, 2.45) is 5.92 Å². The van der Waals surface area contributed by atoms with E-state index in [-0.39, 0.29) is 6.03 Å². The molecular formula is C13H21N3O. The van der Waals surface area contributed by atoms with E-state index in [9.17, 15) is 4.79 Å². The zero-order valence-corrected chi connectivity index (χ0v) is 10.9. The number of carbonyl (C=O) groups is 1. The molecule has 0 bridgehead atoms. The number of hydrogen-bond acceptors (Lipinski definition) is 2. The third kappa shape index (κ3) is 1.99. The van der Waals surface area contributed by atoms with E-state index in [1.165, 1.54) is 25.7 Å². The van der Waals surface area contributed by atoms with Crippen molar-refractivity contribution in [1.82, 2.24) is 9.80 Å². The molecular weight excluding hydrogens is 214 g/mol. The third-order valence-electron chi connectivity index (χ3n) is 4.29. The maximum Gasteiger partial charge on any atom is 0.321 e. The quantitative estimate of drug-likeness (QED) is 0.736. The fourth-order valence-electron chi connectivity index (χ4n) is 3.06. The van der Waals surface area contributed by atoms with E-state index in [1.807, 2.05) is 25.8 Å². The van der Waals surface area contributed by atoms with Crippen LogP contribution in [0.1, 0.15) is 39.5 Å². The van der Waals surface area contributed by atoms with Crippen LogP contribution >= 0.6 is 0 Å². The van der Waals surface area contributed by atoms with Gasteiger partial charge in [-0.1, -0.05) is 12.8 Å². The van der Waals surface area contributed by atoms with Crippen LogP contribution in [-0.4, -0.2) is 41.0 Å². The molecule has 0 aromatic rings. The summed E-state index contributed by atoms with van der Waals surface area (Å²) in [4.78, 5) is 15.7. The Labute approximate surface area is 103 Å². The smallest absolute Gasteiger partial charge is 0.321 e. The monoisotopic (exact) mass is 235 g/mol. The Morgan fingerprint density at radius 2 is 1.94 bits per heavy atom. The SMILES string of the molecule is CN1C(=O)N(C(C)(C)C#N)CC1C1CCCC1. The van der Waals surface area contributed by atoms with Gasteiger partial charge in [0.05, 0.1) is 12.1 Å². The fraction of sp³-hybridized carbons (Fsp3) is 0.846. The molecule has 94 valence electrons. The molecule has 0 aromatic carbocycles. The number of nitriles is 1. The molecule has 0 radical (unpaired) electrons. The largest absolute Gasteiger partial charge is 0.323 e. The highest BCUT2D eigenvalue weighted by Gasteiger charge is 2.45. The molecule has 1 atom stereocenters. The van der Waals surface area contributed by atoms with Crippen molar-refractivity contribution < 1.29 is 4.79 Å². The molecule has 2 rings (SSSR count). The van der Waals surface area contributed by atoms with E-state index in [2.05, 4.69) is 6.07 Å². The van der Waals surface area contributed by atoms with E-state index >= 15 is 0 Å². The van der Waals surface area contributed by atoms with Gasteiger partial charge in [-0.25, -0.2) is 4.79 Å². The number of hydrogen-bond donors (Lipinski definition) is 0. The maximum atomic E-state index is 12.2. The minimum Gasteiger partial charge on any atom is -0.323 e. The van der Waals surface area contributed by atoms with Crippen LogP contribution in [0.2, 0.25) is 0 Å². The number of carbonyl (C=O) groups excluding carboxylic acids is 1. The maximum absolute atomic E-state index is 12.2. The molecule has 2 fully saturated rings. The second kappa shape index (κ2) is 4.21. The van der Waals surface area contributed by atoms with E-state index in [1.54, 1.807) is 4.90 Å². The summed E-state index contributed by atoms with van der Waals surface area (Å²) >= 11 is 0. The van der Waals surface area contributed by atoms with Gasteiger partial charge in [0.2, 0.25) is 0 Å². The molecule has 0 spiro atoms. The fourth-order valence-corrected chi connectivity index (χ4v) is 3.06. The van der Waals surface area contributed by atoms with Gasteiger partial charge in [0.1, 0.15) is 5.54 Å². The highest BCUT2D eigenvalue weighted by Crippen LogP contribution is 2.35. The number of rotatable bonds is 2. The topological polar surface area (TPSA) is 47.3 Å². The van der Waals surface area contributed by atoms with Gasteiger partial charge in [0.25, 0.3) is 0 Å². The zero-order chi connectivity index (χ0) is 12.6. The van der Waals surface area contributed by atoms with Crippen molar-refractivity contribution >= 4 is 6.03 Å². The molecule has 4 nitrogen and oxygen atoms in total. The van der Waals surface area contributed by atoms with E-state index < -0.39 is 5.54 Å². The second-order valence-electron chi connectivity index (χ2n) is 5.79. The lowest BCUT2D eigenvalue weighted by Crippen LogP contribution is -2.44. The van der Waals surface area contributed by atoms with Crippen LogP contribution in [0.4, 0.5) is 4.79 Å². The predicted molar refractivity (Wildman–Crippen MR) is 65.3 cm³/mol. The highest BCUT2D eigenvalue weighted by molar-refractivity contribution is 5.78. The van der Waals surface area contributed by atoms with Crippen LogP contribution in [0.15, 0.2) is 0 Å². The minimum atomic E-state index is -0.696. The molecule has 1 saturated heterocycles. The molecule has 1 aliphatic carbocycles.